The van der Waals surface area contributed by atoms with Crippen molar-refractivity contribution in [3.05, 3.63) is 29.8 Å². The summed E-state index contributed by atoms with van der Waals surface area (Å²) in [7, 11) is 0. The van der Waals surface area contributed by atoms with Crippen molar-refractivity contribution in [2.75, 3.05) is 0 Å². The minimum absolute atomic E-state index is 0.253. The molecule has 0 saturated heterocycles. The summed E-state index contributed by atoms with van der Waals surface area (Å²) in [6, 6.07) is 4.16. The van der Waals surface area contributed by atoms with Gasteiger partial charge in [0.1, 0.15) is 5.82 Å². The molecule has 0 bridgehead atoms. The van der Waals surface area contributed by atoms with Gasteiger partial charge in [0.2, 0.25) is 0 Å². The van der Waals surface area contributed by atoms with Crippen LogP contribution in [0, 0.1) is 11.7 Å². The van der Waals surface area contributed by atoms with Crippen LogP contribution < -0.4 is 5.32 Å². The molecule has 2 rings (SSSR count). The van der Waals surface area contributed by atoms with Crippen LogP contribution in [-0.4, -0.2) is 11.0 Å². The molecule has 3 heteroatoms. The smallest absolute Gasteiger partial charge is 0.141 e. The molecule has 1 aromatic rings. The molecule has 0 aromatic carbocycles. The van der Waals surface area contributed by atoms with Crippen LogP contribution in [0.5, 0.6) is 0 Å². The van der Waals surface area contributed by atoms with Gasteiger partial charge < -0.3 is 5.32 Å². The van der Waals surface area contributed by atoms with Crippen molar-refractivity contribution in [3.8, 4) is 0 Å². The Morgan fingerprint density at radius 3 is 2.55 bits per heavy atom. The van der Waals surface area contributed by atoms with E-state index in [1.54, 1.807) is 6.07 Å². The van der Waals surface area contributed by atoms with Gasteiger partial charge in [0.15, 0.2) is 0 Å². The van der Waals surface area contributed by atoms with E-state index in [-0.39, 0.29) is 11.9 Å². The van der Waals surface area contributed by atoms with Crippen LogP contribution in [-0.2, 0) is 0 Å². The summed E-state index contributed by atoms with van der Waals surface area (Å²) in [5.74, 6) is 0.672. The third kappa shape index (κ3) is 4.27. The minimum Gasteiger partial charge on any atom is -0.306 e. The van der Waals surface area contributed by atoms with Gasteiger partial charge in [-0.25, -0.2) is 4.39 Å². The predicted octanol–water partition coefficient (Wildman–Crippen LogP) is 4.62. The number of hydrogen-bond donors (Lipinski definition) is 1. The Balaban J connectivity index is 1.86. The summed E-state index contributed by atoms with van der Waals surface area (Å²) < 4.78 is 12.9. The molecule has 1 N–H and O–H groups in total. The number of hydrogen-bond acceptors (Lipinski definition) is 2. The molecule has 0 radical (unpaired) electrons. The van der Waals surface area contributed by atoms with Gasteiger partial charge in [-0.15, -0.1) is 0 Å². The molecular formula is C17H27FN2. The zero-order valence-electron chi connectivity index (χ0n) is 12.7. The summed E-state index contributed by atoms with van der Waals surface area (Å²) in [4.78, 5) is 4.22. The van der Waals surface area contributed by atoms with Crippen LogP contribution in [0.4, 0.5) is 4.39 Å². The highest BCUT2D eigenvalue weighted by molar-refractivity contribution is 5.10. The highest BCUT2D eigenvalue weighted by Gasteiger charge is 2.23. The van der Waals surface area contributed by atoms with Crippen LogP contribution in [0.25, 0.3) is 0 Å². The number of halogens is 1. The topological polar surface area (TPSA) is 24.9 Å². The summed E-state index contributed by atoms with van der Waals surface area (Å²) in [6.45, 7) is 4.43. The second-order valence-corrected chi connectivity index (χ2v) is 6.04. The van der Waals surface area contributed by atoms with Crippen molar-refractivity contribution in [2.24, 2.45) is 5.92 Å². The van der Waals surface area contributed by atoms with Crippen LogP contribution >= 0.6 is 0 Å². The van der Waals surface area contributed by atoms with Crippen molar-refractivity contribution < 1.29 is 4.39 Å². The van der Waals surface area contributed by atoms with Crippen LogP contribution in [0.3, 0.4) is 0 Å². The Morgan fingerprint density at radius 1 is 1.25 bits per heavy atom. The Hall–Kier alpha value is -0.960. The van der Waals surface area contributed by atoms with E-state index < -0.39 is 0 Å². The van der Waals surface area contributed by atoms with Crippen LogP contribution in [0.15, 0.2) is 18.3 Å². The highest BCUT2D eigenvalue weighted by Crippen LogP contribution is 2.29. The number of nitrogens with one attached hydrogen (secondary N) is 1. The monoisotopic (exact) mass is 278 g/mol. The van der Waals surface area contributed by atoms with Crippen molar-refractivity contribution in [1.82, 2.24) is 10.3 Å². The van der Waals surface area contributed by atoms with Crippen molar-refractivity contribution in [2.45, 2.75) is 70.9 Å². The fourth-order valence-electron chi connectivity index (χ4n) is 3.32. The second kappa shape index (κ2) is 7.72. The average Bonchev–Trinajstić information content (AvgIpc) is 2.48. The molecule has 1 aromatic heterocycles. The third-order valence-electron chi connectivity index (χ3n) is 4.50. The van der Waals surface area contributed by atoms with Gasteiger partial charge >= 0.3 is 0 Å². The average molecular weight is 278 g/mol. The summed E-state index contributed by atoms with van der Waals surface area (Å²) in [5, 5.41) is 3.72. The number of rotatable bonds is 6. The first-order valence-electron chi connectivity index (χ1n) is 8.10. The molecule has 20 heavy (non-hydrogen) atoms. The minimum atomic E-state index is -0.260. The van der Waals surface area contributed by atoms with Crippen molar-refractivity contribution in [3.63, 3.8) is 0 Å². The van der Waals surface area contributed by atoms with E-state index in [2.05, 4.69) is 24.1 Å². The van der Waals surface area contributed by atoms with Gasteiger partial charge in [-0.1, -0.05) is 26.7 Å². The Morgan fingerprint density at radius 2 is 2.00 bits per heavy atom. The van der Waals surface area contributed by atoms with E-state index in [0.717, 1.165) is 18.0 Å². The number of nitrogens with zero attached hydrogens (tertiary/aromatic N) is 1. The van der Waals surface area contributed by atoms with Gasteiger partial charge in [0, 0.05) is 12.1 Å². The fourth-order valence-corrected chi connectivity index (χ4v) is 3.32. The Labute approximate surface area is 122 Å². The summed E-state index contributed by atoms with van der Waals surface area (Å²) >= 11 is 0. The first-order chi connectivity index (χ1) is 9.72. The lowest BCUT2D eigenvalue weighted by atomic mass is 9.83. The summed E-state index contributed by atoms with van der Waals surface area (Å²) in [6.07, 6.45) is 10.2. The molecule has 112 valence electrons. The molecule has 1 fully saturated rings. The summed E-state index contributed by atoms with van der Waals surface area (Å²) in [5.41, 5.74) is 0.963. The molecule has 1 aliphatic rings. The molecule has 0 aliphatic heterocycles. The SMILES string of the molecule is CCCC1CCC(NC(CC)c2ccc(F)cn2)CC1. The van der Waals surface area contributed by atoms with Gasteiger partial charge in [-0.3, -0.25) is 4.98 Å². The third-order valence-corrected chi connectivity index (χ3v) is 4.50. The van der Waals surface area contributed by atoms with E-state index in [1.165, 1.54) is 50.8 Å². The zero-order chi connectivity index (χ0) is 14.4. The lowest BCUT2D eigenvalue weighted by Crippen LogP contribution is -2.36. The maximum absolute atomic E-state index is 12.9. The van der Waals surface area contributed by atoms with Gasteiger partial charge in [0.25, 0.3) is 0 Å². The normalized spacial score (nSPS) is 24.6. The number of pyridine rings is 1. The molecule has 1 aliphatic carbocycles. The lowest BCUT2D eigenvalue weighted by molar-refractivity contribution is 0.260. The predicted molar refractivity (Wildman–Crippen MR) is 81.0 cm³/mol. The first-order valence-corrected chi connectivity index (χ1v) is 8.10. The van der Waals surface area contributed by atoms with Crippen LogP contribution in [0.1, 0.15) is 70.5 Å². The standard InChI is InChI=1S/C17H27FN2/c1-3-5-13-6-9-15(10-7-13)20-16(4-2)17-11-8-14(18)12-19-17/h8,11-13,15-16,20H,3-7,9-10H2,1-2H3. The molecule has 1 atom stereocenters. The Kier molecular flexibility index (Phi) is 5.96. The molecule has 2 nitrogen and oxygen atoms in total. The lowest BCUT2D eigenvalue weighted by Gasteiger charge is -2.31. The quantitative estimate of drug-likeness (QED) is 0.821. The molecule has 0 amide bonds. The molecular weight excluding hydrogens is 251 g/mol. The van der Waals surface area contributed by atoms with Gasteiger partial charge in [-0.2, -0.15) is 0 Å². The van der Waals surface area contributed by atoms with Gasteiger partial charge in [-0.05, 0) is 50.2 Å². The highest BCUT2D eigenvalue weighted by atomic mass is 19.1. The maximum Gasteiger partial charge on any atom is 0.141 e. The van der Waals surface area contributed by atoms with E-state index in [0.29, 0.717) is 6.04 Å². The van der Waals surface area contributed by atoms with Crippen molar-refractivity contribution in [1.29, 1.82) is 0 Å². The maximum atomic E-state index is 12.9. The fraction of sp³-hybridized carbons (Fsp3) is 0.706. The van der Waals surface area contributed by atoms with E-state index >= 15 is 0 Å². The number of aromatic nitrogens is 1. The van der Waals surface area contributed by atoms with Gasteiger partial charge in [0.05, 0.1) is 11.9 Å². The Bertz CT molecular complexity index is 382. The molecule has 1 unspecified atom stereocenters. The molecule has 1 heterocycles. The molecule has 1 saturated carbocycles. The van der Waals surface area contributed by atoms with E-state index in [4.69, 9.17) is 0 Å². The van der Waals surface area contributed by atoms with E-state index in [1.807, 2.05) is 0 Å². The zero-order valence-corrected chi connectivity index (χ0v) is 12.7. The second-order valence-electron chi connectivity index (χ2n) is 6.04. The largest absolute Gasteiger partial charge is 0.306 e. The first kappa shape index (κ1) is 15.4. The van der Waals surface area contributed by atoms with Crippen LogP contribution in [0.2, 0.25) is 0 Å². The molecule has 0 spiro atoms. The van der Waals surface area contributed by atoms with E-state index in [9.17, 15) is 4.39 Å². The van der Waals surface area contributed by atoms with Crippen molar-refractivity contribution >= 4 is 0 Å².